The van der Waals surface area contributed by atoms with Crippen molar-refractivity contribution in [3.8, 4) is 0 Å². The smallest absolute Gasteiger partial charge is 0.550 e. The number of carbonyl (C=O) groups excluding carboxylic acids is 3. The Morgan fingerprint density at radius 1 is 0.591 bits per heavy atom. The summed E-state index contributed by atoms with van der Waals surface area (Å²) in [6.07, 6.45) is 5.60. The first-order valence-electron chi connectivity index (χ1n) is 7.41. The average Bonchev–Trinajstić information content (AvgIpc) is 2.41. The molecule has 1 radical (unpaired) electrons. The first-order valence-corrected chi connectivity index (χ1v) is 7.41. The van der Waals surface area contributed by atoms with Crippen molar-refractivity contribution in [2.45, 2.75) is 78.6 Å². The first-order chi connectivity index (χ1) is 9.81. The van der Waals surface area contributed by atoms with Crippen LogP contribution in [0.15, 0.2) is 0 Å². The Labute approximate surface area is 143 Å². The second-order valence-electron chi connectivity index (χ2n) is 4.43. The summed E-state index contributed by atoms with van der Waals surface area (Å²) in [5.41, 5.74) is 0. The molecule has 6 nitrogen and oxygen atoms in total. The molecule has 0 atom stereocenters. The minimum Gasteiger partial charge on any atom is -0.550 e. The molecule has 7 heteroatoms. The van der Waals surface area contributed by atoms with Crippen molar-refractivity contribution in [2.24, 2.45) is 0 Å². The summed E-state index contributed by atoms with van der Waals surface area (Å²) in [5.74, 6) is -2.83. The third-order valence-corrected chi connectivity index (χ3v) is 2.20. The van der Waals surface area contributed by atoms with Gasteiger partial charge in [-0.2, -0.15) is 0 Å². The van der Waals surface area contributed by atoms with Crippen molar-refractivity contribution >= 4 is 17.9 Å². The summed E-state index contributed by atoms with van der Waals surface area (Å²) in [4.78, 5) is 28.9. The minimum absolute atomic E-state index is 0. The van der Waals surface area contributed by atoms with Gasteiger partial charge in [-0.25, -0.2) is 0 Å². The fourth-order valence-electron chi connectivity index (χ4n) is 0.963. The molecule has 0 saturated carbocycles. The molecule has 22 heavy (non-hydrogen) atoms. The fraction of sp³-hybridized carbons (Fsp3) is 0.800. The van der Waals surface area contributed by atoms with Gasteiger partial charge in [0, 0.05) is 17.9 Å². The van der Waals surface area contributed by atoms with Gasteiger partial charge in [0.15, 0.2) is 0 Å². The maximum absolute atomic E-state index is 9.65. The van der Waals surface area contributed by atoms with Crippen molar-refractivity contribution in [1.29, 1.82) is 0 Å². The maximum Gasteiger partial charge on any atom is 3.00 e. The van der Waals surface area contributed by atoms with Gasteiger partial charge in [0.25, 0.3) is 0 Å². The zero-order chi connectivity index (χ0) is 17.1. The van der Waals surface area contributed by atoms with Gasteiger partial charge in [0.1, 0.15) is 0 Å². The third-order valence-electron chi connectivity index (χ3n) is 2.20. The van der Waals surface area contributed by atoms with Crippen LogP contribution in [0, 0.1) is 0 Å². The summed E-state index contributed by atoms with van der Waals surface area (Å²) in [7, 11) is 0. The van der Waals surface area contributed by atoms with E-state index in [0.717, 1.165) is 38.5 Å². The first kappa shape index (κ1) is 29.0. The van der Waals surface area contributed by atoms with Crippen molar-refractivity contribution in [3.05, 3.63) is 0 Å². The van der Waals surface area contributed by atoms with Gasteiger partial charge in [-0.3, -0.25) is 0 Å². The van der Waals surface area contributed by atoms with Crippen molar-refractivity contribution in [3.63, 3.8) is 0 Å². The van der Waals surface area contributed by atoms with Gasteiger partial charge >= 0.3 is 17.1 Å². The van der Waals surface area contributed by atoms with Crippen molar-refractivity contribution in [2.75, 3.05) is 0 Å². The topological polar surface area (TPSA) is 120 Å². The average molecular weight is 359 g/mol. The molecule has 131 valence electrons. The van der Waals surface area contributed by atoms with E-state index in [9.17, 15) is 29.7 Å². The van der Waals surface area contributed by atoms with E-state index >= 15 is 0 Å². The van der Waals surface area contributed by atoms with Crippen LogP contribution in [0.25, 0.3) is 0 Å². The second kappa shape index (κ2) is 24.9. The van der Waals surface area contributed by atoms with E-state index in [4.69, 9.17) is 0 Å². The molecular formula is C15H27FeO6. The molecular weight excluding hydrogens is 332 g/mol. The van der Waals surface area contributed by atoms with Crippen LogP contribution in [0.2, 0.25) is 0 Å². The maximum atomic E-state index is 9.65. The predicted molar refractivity (Wildman–Crippen MR) is 73.6 cm³/mol. The van der Waals surface area contributed by atoms with E-state index in [1.807, 2.05) is 20.8 Å². The zero-order valence-corrected chi connectivity index (χ0v) is 14.8. The molecule has 0 rings (SSSR count). The van der Waals surface area contributed by atoms with Crippen LogP contribution in [0.3, 0.4) is 0 Å². The summed E-state index contributed by atoms with van der Waals surface area (Å²) < 4.78 is 0. The van der Waals surface area contributed by atoms with E-state index in [1.165, 1.54) is 0 Å². The van der Waals surface area contributed by atoms with Crippen LogP contribution >= 0.6 is 0 Å². The second-order valence-corrected chi connectivity index (χ2v) is 4.43. The Balaban J connectivity index is -0.000000108. The van der Waals surface area contributed by atoms with E-state index in [2.05, 4.69) is 0 Å². The van der Waals surface area contributed by atoms with Gasteiger partial charge < -0.3 is 29.7 Å². The van der Waals surface area contributed by atoms with E-state index < -0.39 is 17.9 Å². The van der Waals surface area contributed by atoms with E-state index in [0.29, 0.717) is 0 Å². The fourth-order valence-corrected chi connectivity index (χ4v) is 0.963. The predicted octanol–water partition coefficient (Wildman–Crippen LogP) is -0.223. The monoisotopic (exact) mass is 359 g/mol. The van der Waals surface area contributed by atoms with Gasteiger partial charge in [0.05, 0.1) is 0 Å². The van der Waals surface area contributed by atoms with Crippen LogP contribution in [0.1, 0.15) is 78.6 Å². The summed E-state index contributed by atoms with van der Waals surface area (Å²) >= 11 is 0. The molecule has 0 heterocycles. The number of unbranched alkanes of at least 4 members (excludes halogenated alkanes) is 3. The molecule has 0 aliphatic rings. The molecule has 0 amide bonds. The van der Waals surface area contributed by atoms with E-state index in [1.54, 1.807) is 0 Å². The number of carboxylic acid groups (broad SMARTS) is 3. The molecule has 0 unspecified atom stereocenters. The number of hydrogen-bond donors (Lipinski definition) is 0. The van der Waals surface area contributed by atoms with E-state index in [-0.39, 0.29) is 36.3 Å². The Bertz CT molecular complexity index is 226. The minimum atomic E-state index is -0.943. The number of rotatable bonds is 9. The number of carboxylic acids is 3. The quantitative estimate of drug-likeness (QED) is 0.525. The molecule has 0 bridgehead atoms. The van der Waals surface area contributed by atoms with Crippen LogP contribution in [0.4, 0.5) is 0 Å². The van der Waals surface area contributed by atoms with Gasteiger partial charge in [-0.1, -0.05) is 40.0 Å². The number of aliphatic carboxylic acids is 3. The summed E-state index contributed by atoms with van der Waals surface area (Å²) in [6, 6.07) is 0. The largest absolute Gasteiger partial charge is 3.00 e. The van der Waals surface area contributed by atoms with Crippen molar-refractivity contribution < 1.29 is 46.8 Å². The van der Waals surface area contributed by atoms with Crippen LogP contribution in [-0.2, 0) is 31.5 Å². The molecule has 0 aromatic carbocycles. The van der Waals surface area contributed by atoms with Crippen LogP contribution in [0.5, 0.6) is 0 Å². The molecule has 0 aliphatic heterocycles. The van der Waals surface area contributed by atoms with Crippen LogP contribution in [-0.4, -0.2) is 17.9 Å². The molecule has 0 aliphatic carbocycles. The van der Waals surface area contributed by atoms with Crippen LogP contribution < -0.4 is 15.3 Å². The summed E-state index contributed by atoms with van der Waals surface area (Å²) in [5, 5.41) is 28.9. The van der Waals surface area contributed by atoms with Crippen molar-refractivity contribution in [1.82, 2.24) is 0 Å². The number of carbonyl (C=O) groups is 3. The number of hydrogen-bond acceptors (Lipinski definition) is 6. The molecule has 0 spiro atoms. The molecule has 0 saturated heterocycles. The summed E-state index contributed by atoms with van der Waals surface area (Å²) in [6.45, 7) is 5.84. The molecule has 0 aromatic heterocycles. The Morgan fingerprint density at radius 2 is 0.773 bits per heavy atom. The SMILES string of the molecule is CCCCC(=O)[O-].CCCCC(=O)[O-].CCCCC(=O)[O-].[Fe+3]. The zero-order valence-electron chi connectivity index (χ0n) is 13.7. The molecule has 0 fully saturated rings. The van der Waals surface area contributed by atoms with Gasteiger partial charge in [0.2, 0.25) is 0 Å². The molecule has 0 aromatic rings. The normalized spacial score (nSPS) is 8.32. The third kappa shape index (κ3) is 50.9. The Kier molecular flexibility index (Phi) is 32.8. The molecule has 0 N–H and O–H groups in total. The van der Waals surface area contributed by atoms with Gasteiger partial charge in [-0.15, -0.1) is 0 Å². The Hall–Kier alpha value is -1.07. The van der Waals surface area contributed by atoms with Gasteiger partial charge in [-0.05, 0) is 38.5 Å². The standard InChI is InChI=1S/3C5H10O2.Fe/c3*1-2-3-4-5(6)7;/h3*2-4H2,1H3,(H,6,7);/q;;;+3/p-3. The Morgan fingerprint density at radius 3 is 0.818 bits per heavy atom.